The largest absolute Gasteiger partial charge is 0.384 e. The third-order valence-corrected chi connectivity index (χ3v) is 12.3. The summed E-state index contributed by atoms with van der Waals surface area (Å²) < 4.78 is 12.4. The van der Waals surface area contributed by atoms with Gasteiger partial charge in [0.15, 0.2) is 16.9 Å². The Morgan fingerprint density at radius 1 is 0.500 bits per heavy atom. The Labute approximate surface area is 429 Å². The average Bonchev–Trinajstić information content (AvgIpc) is 4.32. The van der Waals surface area contributed by atoms with Crippen LogP contribution in [0.1, 0.15) is 55.6 Å². The number of hydrogen-bond acceptors (Lipinski definition) is 20. The van der Waals surface area contributed by atoms with Gasteiger partial charge in [0.1, 0.15) is 17.3 Å². The van der Waals surface area contributed by atoms with Crippen LogP contribution in [0.3, 0.4) is 0 Å². The number of carbonyl (C=O) groups excluding carboxylic acids is 1. The van der Waals surface area contributed by atoms with E-state index in [-0.39, 0.29) is 18.1 Å². The quantitative estimate of drug-likeness (QED) is 0.171. The topological polar surface area (TPSA) is 321 Å². The van der Waals surface area contributed by atoms with Gasteiger partial charge in [0.05, 0.1) is 72.4 Å². The van der Waals surface area contributed by atoms with Crippen molar-refractivity contribution >= 4 is 57.6 Å². The first-order valence-electron chi connectivity index (χ1n) is 23.5. The van der Waals surface area contributed by atoms with Gasteiger partial charge in [-0.3, -0.25) is 18.8 Å². The van der Waals surface area contributed by atoms with E-state index in [0.717, 1.165) is 50.4 Å². The van der Waals surface area contributed by atoms with Crippen LogP contribution in [0.2, 0.25) is 0 Å². The highest BCUT2D eigenvalue weighted by atomic mass is 16.1. The van der Waals surface area contributed by atoms with Crippen molar-refractivity contribution in [2.75, 3.05) is 11.1 Å². The van der Waals surface area contributed by atoms with Crippen molar-refractivity contribution in [3.05, 3.63) is 140 Å². The van der Waals surface area contributed by atoms with Crippen LogP contribution in [0.25, 0.3) is 73.3 Å². The number of carbonyl (C=O) groups is 1. The molecule has 3 N–H and O–H groups in total. The Kier molecular flexibility index (Phi) is 12.6. The van der Waals surface area contributed by atoms with Gasteiger partial charge in [-0.2, -0.15) is 15.3 Å². The van der Waals surface area contributed by atoms with Gasteiger partial charge in [0, 0.05) is 87.4 Å². The minimum Gasteiger partial charge on any atom is -0.384 e. The predicted octanol–water partition coefficient (Wildman–Crippen LogP) is 4.28. The second kappa shape index (κ2) is 20.1. The molecule has 13 aromatic rings. The van der Waals surface area contributed by atoms with Crippen molar-refractivity contribution in [3.8, 4) is 33.8 Å². The van der Waals surface area contributed by atoms with Gasteiger partial charge < -0.3 is 15.5 Å². The summed E-state index contributed by atoms with van der Waals surface area (Å²) in [4.78, 5) is 50.2. The molecule has 0 saturated heterocycles. The first kappa shape index (κ1) is 47.6. The minimum atomic E-state index is -0.156. The molecule has 3 atom stereocenters. The van der Waals surface area contributed by atoms with Crippen LogP contribution in [0.4, 0.5) is 11.6 Å². The molecule has 76 heavy (non-hydrogen) atoms. The predicted molar refractivity (Wildman–Crippen MR) is 275 cm³/mol. The van der Waals surface area contributed by atoms with Crippen LogP contribution < -0.4 is 11.1 Å². The molecule has 0 spiro atoms. The van der Waals surface area contributed by atoms with Gasteiger partial charge in [-0.05, 0) is 55.7 Å². The van der Waals surface area contributed by atoms with Crippen LogP contribution in [-0.2, 0) is 25.9 Å². The highest BCUT2D eigenvalue weighted by Gasteiger charge is 2.20. The van der Waals surface area contributed by atoms with Crippen molar-refractivity contribution in [2.45, 2.75) is 38.9 Å². The zero-order valence-corrected chi connectivity index (χ0v) is 41.5. The molecule has 0 aliphatic heterocycles. The van der Waals surface area contributed by atoms with Gasteiger partial charge in [-0.25, -0.2) is 58.9 Å². The molecule has 0 saturated carbocycles. The van der Waals surface area contributed by atoms with Crippen LogP contribution >= 0.6 is 0 Å². The first-order valence-corrected chi connectivity index (χ1v) is 23.5. The van der Waals surface area contributed by atoms with E-state index in [2.05, 4.69) is 98.3 Å². The number of imidazole rings is 1. The number of aromatic nitrogens is 25. The number of hydrogen-bond donors (Lipinski definition) is 2. The number of amides is 1. The standard InChI is InChI=1S/C17H15N9.C16H15N9O.C15H15N9/c1-11(12-3-4-15-18-5-6-25(15)10-12)26-17-16(22-23-26)19-8-14(21-17)13-7-20-24(2)9-13;1-10(11-3-4-14(17-5-11)19-9-26)25-16-15(22-23-25)18-7-13(21-16)12-6-20-24(2)8-12;1-9(10-3-4-13(16)17-5-10)24-15-14(21-22-24)18-7-12(20-15)11-6-19-23(2)8-11/h3-11H,1-2H3;3-10H,1-2H3,(H,17,19,26);3-9H,1-2H3,(H2,16,17). The Balaban J connectivity index is 0.000000122. The molecule has 0 fully saturated rings. The Morgan fingerprint density at radius 2 is 0.947 bits per heavy atom. The van der Waals surface area contributed by atoms with E-state index in [4.69, 9.17) is 10.7 Å². The zero-order valence-electron chi connectivity index (χ0n) is 41.5. The lowest BCUT2D eigenvalue weighted by molar-refractivity contribution is -0.105. The molecule has 28 heteroatoms. The lowest BCUT2D eigenvalue weighted by Gasteiger charge is -2.12. The molecule has 3 unspecified atom stereocenters. The van der Waals surface area contributed by atoms with Gasteiger partial charge in [0.2, 0.25) is 23.4 Å². The smallest absolute Gasteiger partial charge is 0.221 e. The number of nitrogens with zero attached hydrogens (tertiary/aromatic N) is 25. The number of nitrogen functional groups attached to an aromatic ring is 1. The van der Waals surface area contributed by atoms with Crippen molar-refractivity contribution < 1.29 is 4.79 Å². The maximum Gasteiger partial charge on any atom is 0.221 e. The van der Waals surface area contributed by atoms with Crippen LogP contribution in [-0.4, -0.2) is 130 Å². The van der Waals surface area contributed by atoms with E-state index in [9.17, 15) is 4.79 Å². The summed E-state index contributed by atoms with van der Waals surface area (Å²) in [5.74, 6) is 0.964. The summed E-state index contributed by atoms with van der Waals surface area (Å²) in [7, 11) is 5.58. The third kappa shape index (κ3) is 9.57. The maximum atomic E-state index is 10.5. The van der Waals surface area contributed by atoms with E-state index < -0.39 is 0 Å². The molecular weight excluding hydrogens is 971 g/mol. The van der Waals surface area contributed by atoms with E-state index in [1.54, 1.807) is 96.0 Å². The number of nitrogens with one attached hydrogen (secondary N) is 1. The van der Waals surface area contributed by atoms with Crippen molar-refractivity contribution in [3.63, 3.8) is 0 Å². The second-order valence-electron chi connectivity index (χ2n) is 17.5. The fourth-order valence-electron chi connectivity index (χ4n) is 8.12. The normalized spacial score (nSPS) is 12.6. The highest BCUT2D eigenvalue weighted by Crippen LogP contribution is 2.26. The summed E-state index contributed by atoms with van der Waals surface area (Å²) >= 11 is 0. The minimum absolute atomic E-state index is 0.0507. The second-order valence-corrected chi connectivity index (χ2v) is 17.5. The SMILES string of the molecule is CC(c1ccc(N)nc1)n1nnc2ncc(-c3cnn(C)c3)nc21.CC(c1ccc(NC=O)nc1)n1nnc2ncc(-c3cnn(C)c3)nc21.CC(c1ccc2nccn2c1)n1nnc2ncc(-c3cnn(C)c3)nc21. The molecule has 13 rings (SSSR count). The molecule has 0 aliphatic carbocycles. The summed E-state index contributed by atoms with van der Waals surface area (Å²) in [5, 5.41) is 40.0. The lowest BCUT2D eigenvalue weighted by Crippen LogP contribution is -2.10. The highest BCUT2D eigenvalue weighted by molar-refractivity contribution is 5.72. The van der Waals surface area contributed by atoms with Crippen molar-refractivity contribution in [1.29, 1.82) is 0 Å². The molecule has 378 valence electrons. The van der Waals surface area contributed by atoms with Gasteiger partial charge in [-0.15, -0.1) is 15.3 Å². The third-order valence-electron chi connectivity index (χ3n) is 12.3. The number of fused-ring (bicyclic) bond motifs is 4. The Hall–Kier alpha value is -10.7. The monoisotopic (exact) mass is 1020 g/mol. The zero-order chi connectivity index (χ0) is 52.5. The van der Waals surface area contributed by atoms with E-state index >= 15 is 0 Å². The van der Waals surface area contributed by atoms with Crippen LogP contribution in [0.15, 0.2) is 123 Å². The molecule has 13 aromatic heterocycles. The summed E-state index contributed by atoms with van der Waals surface area (Å²) in [5.41, 5.74) is 17.6. The Morgan fingerprint density at radius 3 is 1.36 bits per heavy atom. The van der Waals surface area contributed by atoms with Gasteiger partial charge >= 0.3 is 0 Å². The van der Waals surface area contributed by atoms with E-state index in [0.29, 0.717) is 57.6 Å². The molecule has 1 amide bonds. The fourth-order valence-corrected chi connectivity index (χ4v) is 8.12. The van der Waals surface area contributed by atoms with Crippen molar-refractivity contribution in [1.82, 2.24) is 124 Å². The number of aryl methyl sites for hydroxylation is 3. The molecule has 0 radical (unpaired) electrons. The Bertz CT molecular complexity index is 4140. The summed E-state index contributed by atoms with van der Waals surface area (Å²) in [6.07, 6.45) is 25.7. The number of rotatable bonds is 11. The molecule has 0 aliphatic rings. The van der Waals surface area contributed by atoms with Crippen LogP contribution in [0, 0.1) is 0 Å². The summed E-state index contributed by atoms with van der Waals surface area (Å²) in [6.45, 7) is 6.03. The number of nitrogens with two attached hydrogens (primary N) is 1. The molecule has 28 nitrogen and oxygen atoms in total. The molecule has 13 heterocycles. The fraction of sp³-hybridized carbons (Fsp3) is 0.188. The lowest BCUT2D eigenvalue weighted by atomic mass is 10.1. The number of anilines is 2. The van der Waals surface area contributed by atoms with E-state index in [1.165, 1.54) is 0 Å². The van der Waals surface area contributed by atoms with E-state index in [1.807, 2.05) is 94.6 Å². The van der Waals surface area contributed by atoms with Gasteiger partial charge in [-0.1, -0.05) is 33.8 Å². The maximum absolute atomic E-state index is 10.5. The average molecular weight is 1020 g/mol. The molecule has 0 bridgehead atoms. The first-order chi connectivity index (χ1) is 37.0. The molecular formula is C48H45N27O. The summed E-state index contributed by atoms with van der Waals surface area (Å²) in [6, 6.07) is 11.0. The molecule has 0 aromatic carbocycles. The number of pyridine rings is 3. The van der Waals surface area contributed by atoms with Gasteiger partial charge in [0.25, 0.3) is 0 Å². The van der Waals surface area contributed by atoms with Crippen LogP contribution in [0.5, 0.6) is 0 Å². The van der Waals surface area contributed by atoms with Crippen molar-refractivity contribution in [2.24, 2.45) is 21.1 Å².